The summed E-state index contributed by atoms with van der Waals surface area (Å²) in [5.74, 6) is 0.678. The Kier molecular flexibility index (Phi) is 5.52. The number of carbonyl (C=O) groups excluding carboxylic acids is 1. The summed E-state index contributed by atoms with van der Waals surface area (Å²) in [5, 5.41) is 3.02. The molecule has 0 radical (unpaired) electrons. The fourth-order valence-corrected chi connectivity index (χ4v) is 3.06. The molecule has 0 bridgehead atoms. The first-order valence-corrected chi connectivity index (χ1v) is 8.95. The molecule has 4 aromatic rings. The highest BCUT2D eigenvalue weighted by Crippen LogP contribution is 2.26. The van der Waals surface area contributed by atoms with Crippen LogP contribution < -0.4 is 5.32 Å². The maximum atomic E-state index is 12.6. The van der Waals surface area contributed by atoms with Gasteiger partial charge in [-0.1, -0.05) is 35.9 Å². The van der Waals surface area contributed by atoms with Gasteiger partial charge >= 0.3 is 0 Å². The van der Waals surface area contributed by atoms with Crippen molar-refractivity contribution in [3.63, 3.8) is 0 Å². The number of H-pyrrole nitrogens is 1. The van der Waals surface area contributed by atoms with Gasteiger partial charge in [0.25, 0.3) is 5.91 Å². The van der Waals surface area contributed by atoms with Crippen molar-refractivity contribution in [2.75, 3.05) is 5.32 Å². The minimum atomic E-state index is -0.115. The molecular formula is C23H22ClN3O. The van der Waals surface area contributed by atoms with E-state index in [1.54, 1.807) is 0 Å². The molecule has 1 heterocycles. The third-order valence-electron chi connectivity index (χ3n) is 4.71. The number of aromatic amines is 1. The fraction of sp³-hybridized carbons (Fsp3) is 0.130. The van der Waals surface area contributed by atoms with E-state index in [1.807, 2.05) is 62.4 Å². The fourth-order valence-electron chi connectivity index (χ4n) is 3.06. The zero-order chi connectivity index (χ0) is 19.0. The normalized spacial score (nSPS) is 10.5. The van der Waals surface area contributed by atoms with Crippen LogP contribution in [0.1, 0.15) is 27.0 Å². The number of imidazole rings is 1. The minimum Gasteiger partial charge on any atom is -0.338 e. The molecular weight excluding hydrogens is 370 g/mol. The number of halogens is 1. The molecule has 0 unspecified atom stereocenters. The number of aryl methyl sites for hydroxylation is 3. The van der Waals surface area contributed by atoms with Crippen molar-refractivity contribution in [2.45, 2.75) is 20.8 Å². The number of rotatable bonds is 3. The molecule has 3 aromatic carbocycles. The number of nitrogens with one attached hydrogen (secondary N) is 2. The van der Waals surface area contributed by atoms with Gasteiger partial charge in [-0.3, -0.25) is 4.79 Å². The van der Waals surface area contributed by atoms with E-state index in [9.17, 15) is 4.79 Å². The highest BCUT2D eigenvalue weighted by Gasteiger charge is 2.11. The van der Waals surface area contributed by atoms with Crippen molar-refractivity contribution >= 4 is 35.0 Å². The lowest BCUT2D eigenvalue weighted by molar-refractivity contribution is 0.102. The third kappa shape index (κ3) is 3.92. The molecule has 142 valence electrons. The number of benzene rings is 3. The molecule has 1 amide bonds. The van der Waals surface area contributed by atoms with Gasteiger partial charge in [-0.25, -0.2) is 4.98 Å². The Bertz CT molecular complexity index is 1150. The van der Waals surface area contributed by atoms with E-state index in [0.717, 1.165) is 39.2 Å². The second kappa shape index (κ2) is 7.87. The third-order valence-corrected chi connectivity index (χ3v) is 4.71. The molecule has 4 rings (SSSR count). The highest BCUT2D eigenvalue weighted by atomic mass is 35.5. The number of amides is 1. The summed E-state index contributed by atoms with van der Waals surface area (Å²) in [6, 6.07) is 19.7. The van der Waals surface area contributed by atoms with Gasteiger partial charge in [-0.2, -0.15) is 0 Å². The van der Waals surface area contributed by atoms with E-state index in [0.29, 0.717) is 5.56 Å². The van der Waals surface area contributed by atoms with Gasteiger partial charge in [-0.05, 0) is 62.2 Å². The zero-order valence-electron chi connectivity index (χ0n) is 16.0. The number of fused-ring (bicyclic) bond motifs is 1. The maximum absolute atomic E-state index is 12.6. The average Bonchev–Trinajstić information content (AvgIpc) is 3.07. The predicted octanol–water partition coefficient (Wildman–Crippen LogP) is 5.83. The number of anilines is 1. The molecule has 0 saturated heterocycles. The molecule has 2 N–H and O–H groups in total. The van der Waals surface area contributed by atoms with E-state index in [-0.39, 0.29) is 18.3 Å². The summed E-state index contributed by atoms with van der Waals surface area (Å²) in [4.78, 5) is 20.6. The molecule has 0 aliphatic carbocycles. The lowest BCUT2D eigenvalue weighted by Gasteiger charge is -2.10. The average molecular weight is 392 g/mol. The van der Waals surface area contributed by atoms with Gasteiger partial charge < -0.3 is 10.3 Å². The standard InChI is InChI=1S/C23H21N3O.ClH/c1-14-4-8-17(9-5-14)23(27)26-20-13-18(10-7-16(20)3)22-24-19-11-6-15(2)12-21(19)25-22;/h4-13H,1-3H3,(H,24,25)(H,26,27);1H. The second-order valence-electron chi connectivity index (χ2n) is 6.96. The van der Waals surface area contributed by atoms with Crippen LogP contribution in [0.2, 0.25) is 0 Å². The largest absolute Gasteiger partial charge is 0.338 e. The predicted molar refractivity (Wildman–Crippen MR) is 117 cm³/mol. The molecule has 28 heavy (non-hydrogen) atoms. The first-order valence-electron chi connectivity index (χ1n) is 8.95. The molecule has 4 nitrogen and oxygen atoms in total. The smallest absolute Gasteiger partial charge is 0.255 e. The summed E-state index contributed by atoms with van der Waals surface area (Å²) in [6.45, 7) is 6.05. The van der Waals surface area contributed by atoms with E-state index in [1.165, 1.54) is 5.56 Å². The number of carbonyl (C=O) groups is 1. The maximum Gasteiger partial charge on any atom is 0.255 e. The van der Waals surface area contributed by atoms with Crippen LogP contribution in [-0.4, -0.2) is 15.9 Å². The topological polar surface area (TPSA) is 57.8 Å². The van der Waals surface area contributed by atoms with Crippen molar-refractivity contribution in [3.8, 4) is 11.4 Å². The SMILES string of the molecule is Cc1ccc(C(=O)Nc2cc(-c3nc4ccc(C)cc4[nH]3)ccc2C)cc1.Cl. The van der Waals surface area contributed by atoms with Gasteiger partial charge in [0.1, 0.15) is 5.82 Å². The van der Waals surface area contributed by atoms with Gasteiger partial charge in [0.2, 0.25) is 0 Å². The van der Waals surface area contributed by atoms with Gasteiger partial charge in [0.15, 0.2) is 0 Å². The van der Waals surface area contributed by atoms with Gasteiger partial charge in [0.05, 0.1) is 11.0 Å². The van der Waals surface area contributed by atoms with Crippen molar-refractivity contribution < 1.29 is 4.79 Å². The monoisotopic (exact) mass is 391 g/mol. The Hall–Kier alpha value is -3.11. The summed E-state index contributed by atoms with van der Waals surface area (Å²) in [7, 11) is 0. The lowest BCUT2D eigenvalue weighted by atomic mass is 10.1. The first kappa shape index (κ1) is 19.6. The number of aromatic nitrogens is 2. The van der Waals surface area contributed by atoms with Crippen LogP contribution in [0.25, 0.3) is 22.4 Å². The van der Waals surface area contributed by atoms with Crippen LogP contribution in [0.4, 0.5) is 5.69 Å². The lowest BCUT2D eigenvalue weighted by Crippen LogP contribution is -2.12. The van der Waals surface area contributed by atoms with Crippen LogP contribution in [-0.2, 0) is 0 Å². The van der Waals surface area contributed by atoms with Gasteiger partial charge in [-0.15, -0.1) is 12.4 Å². The number of hydrogen-bond donors (Lipinski definition) is 2. The Morgan fingerprint density at radius 3 is 2.36 bits per heavy atom. The van der Waals surface area contributed by atoms with Crippen LogP contribution in [0.3, 0.4) is 0 Å². The van der Waals surface area contributed by atoms with E-state index in [4.69, 9.17) is 0 Å². The Balaban J connectivity index is 0.00000225. The van der Waals surface area contributed by atoms with E-state index in [2.05, 4.69) is 34.3 Å². The summed E-state index contributed by atoms with van der Waals surface area (Å²) < 4.78 is 0. The second-order valence-corrected chi connectivity index (χ2v) is 6.96. The molecule has 0 saturated carbocycles. The summed E-state index contributed by atoms with van der Waals surface area (Å²) >= 11 is 0. The van der Waals surface area contributed by atoms with E-state index >= 15 is 0 Å². The number of hydrogen-bond acceptors (Lipinski definition) is 2. The molecule has 0 aliphatic heterocycles. The van der Waals surface area contributed by atoms with Crippen LogP contribution >= 0.6 is 12.4 Å². The summed E-state index contributed by atoms with van der Waals surface area (Å²) in [5.41, 5.74) is 7.63. The van der Waals surface area contributed by atoms with Crippen molar-refractivity contribution in [3.05, 3.63) is 82.9 Å². The van der Waals surface area contributed by atoms with Crippen LogP contribution in [0, 0.1) is 20.8 Å². The minimum absolute atomic E-state index is 0. The molecule has 0 aliphatic rings. The Labute approximate surface area is 170 Å². The number of nitrogens with zero attached hydrogens (tertiary/aromatic N) is 1. The highest BCUT2D eigenvalue weighted by molar-refractivity contribution is 6.05. The van der Waals surface area contributed by atoms with Gasteiger partial charge in [0, 0.05) is 16.8 Å². The Morgan fingerprint density at radius 1 is 0.893 bits per heavy atom. The molecule has 1 aromatic heterocycles. The molecule has 0 fully saturated rings. The molecule has 5 heteroatoms. The van der Waals surface area contributed by atoms with Crippen LogP contribution in [0.15, 0.2) is 60.7 Å². The molecule has 0 atom stereocenters. The van der Waals surface area contributed by atoms with Crippen molar-refractivity contribution in [1.82, 2.24) is 9.97 Å². The Morgan fingerprint density at radius 2 is 1.61 bits per heavy atom. The zero-order valence-corrected chi connectivity index (χ0v) is 16.9. The van der Waals surface area contributed by atoms with Crippen molar-refractivity contribution in [2.24, 2.45) is 0 Å². The quantitative estimate of drug-likeness (QED) is 0.461. The summed E-state index contributed by atoms with van der Waals surface area (Å²) in [6.07, 6.45) is 0. The molecule has 0 spiro atoms. The van der Waals surface area contributed by atoms with Crippen molar-refractivity contribution in [1.29, 1.82) is 0 Å². The van der Waals surface area contributed by atoms with Crippen LogP contribution in [0.5, 0.6) is 0 Å². The van der Waals surface area contributed by atoms with E-state index < -0.39 is 0 Å². The first-order chi connectivity index (χ1) is 13.0.